The van der Waals surface area contributed by atoms with Crippen molar-refractivity contribution in [2.75, 3.05) is 32.8 Å². The molecule has 7 heteroatoms. The van der Waals surface area contributed by atoms with E-state index >= 15 is 0 Å². The molecule has 1 heterocycles. The van der Waals surface area contributed by atoms with Crippen molar-refractivity contribution in [2.24, 2.45) is 0 Å². The monoisotopic (exact) mass is 365 g/mol. The standard InChI is InChI=1S/C18H21FN2O3S/c19-16-8-4-5-9-18(16)25(22,23)20-17(15-6-2-1-3-7-15)14-21-10-12-24-13-11-21/h1-9,17,20H,10-14H2/p+1/t17-/m0/s1. The third kappa shape index (κ3) is 4.64. The Morgan fingerprint density at radius 1 is 1.04 bits per heavy atom. The van der Waals surface area contributed by atoms with Gasteiger partial charge in [-0.1, -0.05) is 42.5 Å². The van der Waals surface area contributed by atoms with E-state index < -0.39 is 21.9 Å². The number of benzene rings is 2. The second-order valence-corrected chi connectivity index (χ2v) is 7.76. The molecule has 0 aliphatic carbocycles. The van der Waals surface area contributed by atoms with Crippen LogP contribution < -0.4 is 9.62 Å². The zero-order valence-electron chi connectivity index (χ0n) is 13.8. The molecule has 0 saturated carbocycles. The van der Waals surface area contributed by atoms with E-state index in [1.165, 1.54) is 23.1 Å². The van der Waals surface area contributed by atoms with Gasteiger partial charge in [-0.15, -0.1) is 0 Å². The van der Waals surface area contributed by atoms with E-state index in [2.05, 4.69) is 4.72 Å². The molecule has 0 spiro atoms. The summed E-state index contributed by atoms with van der Waals surface area (Å²) >= 11 is 0. The Kier molecular flexibility index (Phi) is 5.80. The Labute approximate surface area is 147 Å². The predicted octanol–water partition coefficient (Wildman–Crippen LogP) is 0.760. The van der Waals surface area contributed by atoms with E-state index in [0.717, 1.165) is 24.7 Å². The molecule has 0 amide bonds. The summed E-state index contributed by atoms with van der Waals surface area (Å²) in [4.78, 5) is 0.934. The van der Waals surface area contributed by atoms with Crippen LogP contribution in [0.2, 0.25) is 0 Å². The van der Waals surface area contributed by atoms with Crippen molar-refractivity contribution in [3.05, 3.63) is 66.0 Å². The van der Waals surface area contributed by atoms with Crippen LogP contribution in [0.3, 0.4) is 0 Å². The Morgan fingerprint density at radius 2 is 1.68 bits per heavy atom. The molecule has 0 unspecified atom stereocenters. The average Bonchev–Trinajstić information content (AvgIpc) is 2.63. The molecule has 1 atom stereocenters. The van der Waals surface area contributed by atoms with Gasteiger partial charge in [-0.25, -0.2) is 12.8 Å². The van der Waals surface area contributed by atoms with Gasteiger partial charge < -0.3 is 9.64 Å². The first-order valence-corrected chi connectivity index (χ1v) is 9.78. The maximum atomic E-state index is 14.0. The van der Waals surface area contributed by atoms with Crippen LogP contribution >= 0.6 is 0 Å². The molecule has 2 N–H and O–H groups in total. The largest absolute Gasteiger partial charge is 0.370 e. The number of rotatable bonds is 6. The Morgan fingerprint density at radius 3 is 2.36 bits per heavy atom. The van der Waals surface area contributed by atoms with Gasteiger partial charge in [0.15, 0.2) is 0 Å². The summed E-state index contributed by atoms with van der Waals surface area (Å²) < 4.78 is 47.4. The van der Waals surface area contributed by atoms with E-state index in [1.807, 2.05) is 30.3 Å². The Hall–Kier alpha value is -1.80. The smallest absolute Gasteiger partial charge is 0.244 e. The van der Waals surface area contributed by atoms with Crippen molar-refractivity contribution in [3.63, 3.8) is 0 Å². The number of hydrogen-bond donors (Lipinski definition) is 2. The highest BCUT2D eigenvalue weighted by molar-refractivity contribution is 7.89. The van der Waals surface area contributed by atoms with E-state index in [0.29, 0.717) is 19.8 Å². The number of hydrogen-bond acceptors (Lipinski definition) is 3. The van der Waals surface area contributed by atoms with Gasteiger partial charge in [0, 0.05) is 0 Å². The van der Waals surface area contributed by atoms with Crippen LogP contribution in [-0.2, 0) is 14.8 Å². The molecule has 1 aliphatic rings. The van der Waals surface area contributed by atoms with E-state index in [-0.39, 0.29) is 4.90 Å². The fraction of sp³-hybridized carbons (Fsp3) is 0.333. The maximum Gasteiger partial charge on any atom is 0.244 e. The minimum Gasteiger partial charge on any atom is -0.370 e. The number of ether oxygens (including phenoxy) is 1. The minimum atomic E-state index is -3.96. The van der Waals surface area contributed by atoms with Crippen LogP contribution in [0.25, 0.3) is 0 Å². The number of quaternary nitrogens is 1. The molecule has 2 aromatic rings. The fourth-order valence-electron chi connectivity index (χ4n) is 2.98. The highest BCUT2D eigenvalue weighted by Crippen LogP contribution is 2.18. The zero-order chi connectivity index (χ0) is 17.7. The number of halogens is 1. The Balaban J connectivity index is 1.85. The molecule has 1 fully saturated rings. The van der Waals surface area contributed by atoms with Gasteiger partial charge in [-0.3, -0.25) is 0 Å². The number of nitrogens with one attached hydrogen (secondary N) is 2. The molecule has 0 bridgehead atoms. The fourth-order valence-corrected chi connectivity index (χ4v) is 4.28. The summed E-state index contributed by atoms with van der Waals surface area (Å²) in [7, 11) is -3.96. The lowest BCUT2D eigenvalue weighted by Crippen LogP contribution is -3.14. The van der Waals surface area contributed by atoms with Gasteiger partial charge in [0.05, 0.1) is 25.8 Å². The van der Waals surface area contributed by atoms with Crippen molar-refractivity contribution in [1.82, 2.24) is 4.72 Å². The molecule has 2 aromatic carbocycles. The lowest BCUT2D eigenvalue weighted by Gasteiger charge is -2.28. The van der Waals surface area contributed by atoms with Gasteiger partial charge in [-0.2, -0.15) is 4.72 Å². The van der Waals surface area contributed by atoms with Crippen molar-refractivity contribution in [2.45, 2.75) is 10.9 Å². The second-order valence-electron chi connectivity index (χ2n) is 6.08. The molecular formula is C18H22FN2O3S+. The first kappa shape index (κ1) is 18.0. The highest BCUT2D eigenvalue weighted by Gasteiger charge is 2.27. The summed E-state index contributed by atoms with van der Waals surface area (Å²) in [6, 6.07) is 14.4. The van der Waals surface area contributed by atoms with Crippen molar-refractivity contribution in [1.29, 1.82) is 0 Å². The third-order valence-electron chi connectivity index (χ3n) is 4.32. The van der Waals surface area contributed by atoms with Gasteiger partial charge in [-0.05, 0) is 17.7 Å². The van der Waals surface area contributed by atoms with Crippen LogP contribution in [-0.4, -0.2) is 41.3 Å². The van der Waals surface area contributed by atoms with Gasteiger partial charge >= 0.3 is 0 Å². The second kappa shape index (κ2) is 8.05. The van der Waals surface area contributed by atoms with Crippen LogP contribution in [0.5, 0.6) is 0 Å². The summed E-state index contributed by atoms with van der Waals surface area (Å²) in [5, 5.41) is 0. The topological polar surface area (TPSA) is 59.8 Å². The summed E-state index contributed by atoms with van der Waals surface area (Å²) in [5.41, 5.74) is 0.862. The third-order valence-corrected chi connectivity index (χ3v) is 5.82. The van der Waals surface area contributed by atoms with Crippen molar-refractivity contribution in [3.8, 4) is 0 Å². The molecule has 134 valence electrons. The predicted molar refractivity (Wildman–Crippen MR) is 92.3 cm³/mol. The lowest BCUT2D eigenvalue weighted by molar-refractivity contribution is -0.909. The van der Waals surface area contributed by atoms with Gasteiger partial charge in [0.1, 0.15) is 23.8 Å². The quantitative estimate of drug-likeness (QED) is 0.795. The molecule has 25 heavy (non-hydrogen) atoms. The summed E-state index contributed by atoms with van der Waals surface area (Å²) in [6.07, 6.45) is 0. The van der Waals surface area contributed by atoms with Crippen LogP contribution in [0, 0.1) is 5.82 Å². The normalized spacial score (nSPS) is 17.3. The van der Waals surface area contributed by atoms with Gasteiger partial charge in [0.25, 0.3) is 0 Å². The van der Waals surface area contributed by atoms with Crippen LogP contribution in [0.1, 0.15) is 11.6 Å². The Bertz CT molecular complexity index is 793. The first-order chi connectivity index (χ1) is 12.1. The van der Waals surface area contributed by atoms with Crippen molar-refractivity contribution < 1.29 is 22.4 Å². The maximum absolute atomic E-state index is 14.0. The number of morpholine rings is 1. The molecule has 0 aromatic heterocycles. The van der Waals surface area contributed by atoms with Gasteiger partial charge in [0.2, 0.25) is 10.0 Å². The van der Waals surface area contributed by atoms with E-state index in [1.54, 1.807) is 0 Å². The lowest BCUT2D eigenvalue weighted by atomic mass is 10.1. The highest BCUT2D eigenvalue weighted by atomic mass is 32.2. The minimum absolute atomic E-state index is 0.326. The summed E-state index contributed by atoms with van der Waals surface area (Å²) in [6.45, 7) is 3.56. The molecule has 1 saturated heterocycles. The molecular weight excluding hydrogens is 343 g/mol. The zero-order valence-corrected chi connectivity index (χ0v) is 14.6. The van der Waals surface area contributed by atoms with Crippen molar-refractivity contribution >= 4 is 10.0 Å². The summed E-state index contributed by atoms with van der Waals surface area (Å²) in [5.74, 6) is -0.750. The average molecular weight is 365 g/mol. The van der Waals surface area contributed by atoms with Crippen LogP contribution in [0.15, 0.2) is 59.5 Å². The van der Waals surface area contributed by atoms with Crippen LogP contribution in [0.4, 0.5) is 4.39 Å². The van der Waals surface area contributed by atoms with E-state index in [9.17, 15) is 12.8 Å². The number of sulfonamides is 1. The molecule has 5 nitrogen and oxygen atoms in total. The SMILES string of the molecule is O=S(=O)(N[C@@H](C[NH+]1CCOCC1)c1ccccc1)c1ccccc1F. The van der Waals surface area contributed by atoms with E-state index in [4.69, 9.17) is 4.74 Å². The molecule has 0 radical (unpaired) electrons. The molecule has 3 rings (SSSR count). The first-order valence-electron chi connectivity index (χ1n) is 8.29. The molecule has 1 aliphatic heterocycles.